The van der Waals surface area contributed by atoms with E-state index in [1.54, 1.807) is 24.3 Å². The molecule has 212 valence electrons. The van der Waals surface area contributed by atoms with E-state index in [2.05, 4.69) is 15.2 Å². The number of carbonyl (C=O) groups is 2. The summed E-state index contributed by atoms with van der Waals surface area (Å²) >= 11 is 6.04. The molecule has 0 aliphatic carbocycles. The molecule has 1 amide bonds. The molecule has 1 aromatic heterocycles. The van der Waals surface area contributed by atoms with Gasteiger partial charge in [0.25, 0.3) is 0 Å². The lowest BCUT2D eigenvalue weighted by Gasteiger charge is -2.33. The number of imidazole rings is 1. The predicted octanol–water partition coefficient (Wildman–Crippen LogP) is 3.65. The summed E-state index contributed by atoms with van der Waals surface area (Å²) in [6, 6.07) is 12.7. The quantitative estimate of drug-likeness (QED) is 0.339. The summed E-state index contributed by atoms with van der Waals surface area (Å²) in [5.41, 5.74) is 2.08. The van der Waals surface area contributed by atoms with Crippen LogP contribution in [-0.4, -0.2) is 75.1 Å². The number of para-hydroxylation sites is 2. The first-order valence-corrected chi connectivity index (χ1v) is 12.3. The van der Waals surface area contributed by atoms with Crippen LogP contribution in [0, 0.1) is 0 Å². The largest absolute Gasteiger partial charge is 0.490 e. The number of amides is 1. The number of aliphatic hydroxyl groups is 1. The number of carbonyl (C=O) groups excluding carboxylic acids is 1. The summed E-state index contributed by atoms with van der Waals surface area (Å²) in [6.45, 7) is 3.59. The zero-order valence-corrected chi connectivity index (χ0v) is 21.6. The third-order valence-corrected chi connectivity index (χ3v) is 6.18. The lowest BCUT2D eigenvalue weighted by atomic mass is 10.0. The van der Waals surface area contributed by atoms with Crippen molar-refractivity contribution >= 4 is 40.2 Å². The van der Waals surface area contributed by atoms with Gasteiger partial charge in [-0.2, -0.15) is 13.2 Å². The maximum Gasteiger partial charge on any atom is 0.490 e. The lowest BCUT2D eigenvalue weighted by molar-refractivity contribution is -0.192. The average molecular weight is 573 g/mol. The molecule has 14 heteroatoms. The minimum atomic E-state index is -5.08. The Hall–Kier alpha value is -3.55. The highest BCUT2D eigenvalue weighted by Gasteiger charge is 2.38. The van der Waals surface area contributed by atoms with E-state index in [-0.39, 0.29) is 24.2 Å². The molecule has 10 nitrogen and oxygen atoms in total. The summed E-state index contributed by atoms with van der Waals surface area (Å²) in [6.07, 6.45) is -4.13. The Morgan fingerprint density at radius 2 is 1.85 bits per heavy atom. The highest BCUT2D eigenvalue weighted by molar-refractivity contribution is 6.31. The molecule has 4 rings (SSSR count). The zero-order chi connectivity index (χ0) is 28.7. The number of ether oxygens (including phenoxy) is 1. The predicted molar refractivity (Wildman–Crippen MR) is 138 cm³/mol. The van der Waals surface area contributed by atoms with Crippen molar-refractivity contribution in [1.29, 1.82) is 0 Å². The molecule has 1 atom stereocenters. The second kappa shape index (κ2) is 13.0. The highest BCUT2D eigenvalue weighted by Crippen LogP contribution is 2.27. The van der Waals surface area contributed by atoms with Crippen LogP contribution in [0.25, 0.3) is 11.0 Å². The topological polar surface area (TPSA) is 137 Å². The number of nitrogens with one attached hydrogen (secondary N) is 2. The van der Waals surface area contributed by atoms with E-state index >= 15 is 0 Å². The monoisotopic (exact) mass is 572 g/mol. The summed E-state index contributed by atoms with van der Waals surface area (Å²) in [5.74, 6) is -2.41. The van der Waals surface area contributed by atoms with Crippen LogP contribution < -0.4 is 15.7 Å². The second-order valence-corrected chi connectivity index (χ2v) is 9.37. The van der Waals surface area contributed by atoms with E-state index in [0.29, 0.717) is 23.0 Å². The molecule has 0 spiro atoms. The minimum Gasteiger partial charge on any atom is -0.489 e. The normalized spacial score (nSPS) is 15.3. The number of fused-ring (bicyclic) bond motifs is 1. The Kier molecular flexibility index (Phi) is 10.0. The summed E-state index contributed by atoms with van der Waals surface area (Å²) in [5, 5.41) is 20.9. The van der Waals surface area contributed by atoms with Crippen LogP contribution in [-0.2, 0) is 9.59 Å². The maximum atomic E-state index is 12.5. The third kappa shape index (κ3) is 8.47. The van der Waals surface area contributed by atoms with Crippen molar-refractivity contribution < 1.29 is 37.7 Å². The molecule has 0 bridgehead atoms. The Labute approximate surface area is 225 Å². The fraction of sp³-hybridized carbons (Fsp3) is 0.400. The number of aliphatic hydroxyl groups excluding tert-OH is 1. The maximum absolute atomic E-state index is 12.5. The Bertz CT molecular complexity index is 1350. The van der Waals surface area contributed by atoms with Crippen molar-refractivity contribution in [3.05, 3.63) is 58.0 Å². The van der Waals surface area contributed by atoms with Crippen molar-refractivity contribution in [1.82, 2.24) is 14.5 Å². The van der Waals surface area contributed by atoms with Crippen molar-refractivity contribution in [2.24, 2.45) is 0 Å². The van der Waals surface area contributed by atoms with E-state index in [4.69, 9.17) is 26.2 Å². The molecule has 3 aromatic rings. The summed E-state index contributed by atoms with van der Waals surface area (Å²) < 4.78 is 39.3. The Morgan fingerprint density at radius 3 is 2.46 bits per heavy atom. The number of carboxylic acids is 1. The number of aromatic nitrogens is 2. The SMILES string of the molecule is CC(=O)Nc1ccccc1OC[C@@H](O)CN1CCC(n2c(=O)[nH]c3cc(Cl)ccc32)CC1.O=C(O)C(F)(F)F. The number of aromatic amines is 1. The van der Waals surface area contributed by atoms with Gasteiger partial charge in [-0.05, 0) is 43.2 Å². The number of carboxylic acid groups (broad SMARTS) is 1. The molecule has 0 radical (unpaired) electrons. The minimum absolute atomic E-state index is 0.103. The van der Waals surface area contributed by atoms with Crippen molar-refractivity contribution in [3.63, 3.8) is 0 Å². The Morgan fingerprint density at radius 1 is 1.21 bits per heavy atom. The van der Waals surface area contributed by atoms with Crippen LogP contribution in [0.2, 0.25) is 5.02 Å². The van der Waals surface area contributed by atoms with Gasteiger partial charge < -0.3 is 30.2 Å². The number of rotatable bonds is 7. The molecule has 0 saturated carbocycles. The van der Waals surface area contributed by atoms with Gasteiger partial charge in [-0.25, -0.2) is 9.59 Å². The molecule has 39 heavy (non-hydrogen) atoms. The zero-order valence-electron chi connectivity index (χ0n) is 20.9. The first-order valence-electron chi connectivity index (χ1n) is 11.9. The summed E-state index contributed by atoms with van der Waals surface area (Å²) in [4.78, 5) is 37.8. The Balaban J connectivity index is 0.000000532. The van der Waals surface area contributed by atoms with Gasteiger partial charge in [-0.1, -0.05) is 23.7 Å². The van der Waals surface area contributed by atoms with Gasteiger partial charge in [0.2, 0.25) is 5.91 Å². The van der Waals surface area contributed by atoms with Gasteiger partial charge in [0, 0.05) is 37.6 Å². The smallest absolute Gasteiger partial charge is 0.489 e. The highest BCUT2D eigenvalue weighted by atomic mass is 35.5. The molecule has 1 fully saturated rings. The molecule has 0 unspecified atom stereocenters. The third-order valence-electron chi connectivity index (χ3n) is 5.94. The van der Waals surface area contributed by atoms with E-state index in [1.165, 1.54) is 6.92 Å². The number of hydrogen-bond acceptors (Lipinski definition) is 6. The summed E-state index contributed by atoms with van der Waals surface area (Å²) in [7, 11) is 0. The van der Waals surface area contributed by atoms with Crippen molar-refractivity contribution in [2.45, 2.75) is 38.1 Å². The molecule has 1 saturated heterocycles. The molecule has 2 heterocycles. The van der Waals surface area contributed by atoms with Crippen LogP contribution in [0.5, 0.6) is 5.75 Å². The van der Waals surface area contributed by atoms with Gasteiger partial charge >= 0.3 is 17.8 Å². The number of likely N-dealkylation sites (tertiary alicyclic amines) is 1. The molecule has 4 N–H and O–H groups in total. The van der Waals surface area contributed by atoms with Gasteiger partial charge in [0.15, 0.2) is 0 Å². The molecular weight excluding hydrogens is 545 g/mol. The van der Waals surface area contributed by atoms with Crippen molar-refractivity contribution in [3.8, 4) is 5.75 Å². The van der Waals surface area contributed by atoms with Crippen LogP contribution in [0.15, 0.2) is 47.3 Å². The van der Waals surface area contributed by atoms with Crippen LogP contribution in [0.1, 0.15) is 25.8 Å². The number of anilines is 1. The fourth-order valence-corrected chi connectivity index (χ4v) is 4.42. The van der Waals surface area contributed by atoms with Gasteiger partial charge in [0.1, 0.15) is 18.5 Å². The van der Waals surface area contributed by atoms with Crippen molar-refractivity contribution in [2.75, 3.05) is 31.6 Å². The molecule has 1 aliphatic rings. The fourth-order valence-electron chi connectivity index (χ4n) is 4.25. The first kappa shape index (κ1) is 30.0. The van der Waals surface area contributed by atoms with E-state index in [0.717, 1.165) is 37.0 Å². The number of nitrogens with zero attached hydrogens (tertiary/aromatic N) is 2. The molecule has 1 aliphatic heterocycles. The number of piperidine rings is 1. The van der Waals surface area contributed by atoms with Gasteiger partial charge in [0.05, 0.1) is 16.7 Å². The number of alkyl halides is 3. The van der Waals surface area contributed by atoms with Crippen LogP contribution in [0.3, 0.4) is 0 Å². The number of benzene rings is 2. The first-order chi connectivity index (χ1) is 18.3. The lowest BCUT2D eigenvalue weighted by Crippen LogP contribution is -2.42. The van der Waals surface area contributed by atoms with E-state index in [9.17, 15) is 27.9 Å². The van der Waals surface area contributed by atoms with Crippen LogP contribution in [0.4, 0.5) is 18.9 Å². The average Bonchev–Trinajstić information content (AvgIpc) is 3.18. The van der Waals surface area contributed by atoms with Gasteiger partial charge in [-0.3, -0.25) is 9.36 Å². The molecule has 2 aromatic carbocycles. The number of β-amino-alcohol motifs (C(OH)–C–C–N with tert-alkyl or cyclic N) is 1. The number of halogens is 4. The number of hydrogen-bond donors (Lipinski definition) is 4. The number of H-pyrrole nitrogens is 1. The standard InChI is InChI=1S/C23H27ClN4O4.C2HF3O2/c1-15(29)25-19-4-2-3-5-22(19)32-14-18(30)13-27-10-8-17(9-11-27)28-21-7-6-16(24)12-20(21)26-23(28)31;3-2(4,5)1(6)7/h2-7,12,17-18,30H,8-11,13-14H2,1H3,(H,25,29)(H,26,31);(H,6,7)/t18-;/m0./s1. The second-order valence-electron chi connectivity index (χ2n) is 8.94. The number of aliphatic carboxylic acids is 1. The molecular formula is C25H28ClF3N4O6. The van der Waals surface area contributed by atoms with E-state index < -0.39 is 18.2 Å². The van der Waals surface area contributed by atoms with E-state index in [1.807, 2.05) is 22.8 Å². The van der Waals surface area contributed by atoms with Crippen LogP contribution >= 0.6 is 11.6 Å². The van der Waals surface area contributed by atoms with Gasteiger partial charge in [-0.15, -0.1) is 0 Å².